The molecule has 1 aliphatic rings. The lowest BCUT2D eigenvalue weighted by Gasteiger charge is -2.35. The highest BCUT2D eigenvalue weighted by Crippen LogP contribution is 2.23. The smallest absolute Gasteiger partial charge is 0.270 e. The number of amides is 1. The first-order chi connectivity index (χ1) is 9.63. The fourth-order valence-electron chi connectivity index (χ4n) is 2.68. The fraction of sp³-hybridized carbons (Fsp3) is 0.500. The zero-order valence-electron chi connectivity index (χ0n) is 11.7. The molecule has 6 nitrogen and oxygen atoms in total. The Bertz CT molecular complexity index is 508. The van der Waals surface area contributed by atoms with E-state index in [1.807, 2.05) is 4.90 Å². The Kier molecular flexibility index (Phi) is 6.58. The molecule has 1 heterocycles. The zero-order valence-corrected chi connectivity index (χ0v) is 12.6. The van der Waals surface area contributed by atoms with E-state index in [0.29, 0.717) is 18.7 Å². The van der Waals surface area contributed by atoms with Gasteiger partial charge in [-0.3, -0.25) is 14.9 Å². The number of nitrogens with two attached hydrogens (primary N) is 1. The summed E-state index contributed by atoms with van der Waals surface area (Å²) in [5.41, 5.74) is 5.92. The number of hydrogen-bond donors (Lipinski definition) is 1. The van der Waals surface area contributed by atoms with Gasteiger partial charge in [0, 0.05) is 30.3 Å². The van der Waals surface area contributed by atoms with Gasteiger partial charge in [-0.15, -0.1) is 12.4 Å². The molecule has 0 spiro atoms. The monoisotopic (exact) mass is 313 g/mol. The van der Waals surface area contributed by atoms with Crippen LogP contribution in [0.1, 0.15) is 36.0 Å². The summed E-state index contributed by atoms with van der Waals surface area (Å²) in [7, 11) is 0. The van der Waals surface area contributed by atoms with E-state index in [-0.39, 0.29) is 30.0 Å². The molecular formula is C14H20ClN3O3. The number of hydrogen-bond acceptors (Lipinski definition) is 4. The van der Waals surface area contributed by atoms with Gasteiger partial charge in [-0.25, -0.2) is 0 Å². The number of nitro benzene ring substituents is 1. The molecule has 2 N–H and O–H groups in total. The number of likely N-dealkylation sites (tertiary alicyclic amines) is 1. The summed E-state index contributed by atoms with van der Waals surface area (Å²) in [5, 5.41) is 10.8. The van der Waals surface area contributed by atoms with Gasteiger partial charge in [0.2, 0.25) is 0 Å². The number of carbonyl (C=O) groups is 1. The van der Waals surface area contributed by atoms with Crippen molar-refractivity contribution in [2.24, 2.45) is 5.73 Å². The van der Waals surface area contributed by atoms with E-state index in [1.54, 1.807) is 12.1 Å². The first-order valence-electron chi connectivity index (χ1n) is 6.89. The van der Waals surface area contributed by atoms with Gasteiger partial charge in [-0.2, -0.15) is 0 Å². The lowest BCUT2D eigenvalue weighted by molar-refractivity contribution is -0.384. The Balaban J connectivity index is 0.00000220. The maximum atomic E-state index is 12.5. The predicted octanol–water partition coefficient (Wildman–Crippen LogP) is 2.36. The van der Waals surface area contributed by atoms with Gasteiger partial charge in [0.1, 0.15) is 0 Å². The summed E-state index contributed by atoms with van der Waals surface area (Å²) in [6.07, 6.45) is 3.81. The average molecular weight is 314 g/mol. The molecule has 1 aliphatic heterocycles. The molecule has 1 amide bonds. The summed E-state index contributed by atoms with van der Waals surface area (Å²) < 4.78 is 0. The van der Waals surface area contributed by atoms with Crippen molar-refractivity contribution in [2.75, 3.05) is 13.1 Å². The molecule has 0 saturated carbocycles. The largest absolute Gasteiger partial charge is 0.336 e. The van der Waals surface area contributed by atoms with Gasteiger partial charge in [0.05, 0.1) is 4.92 Å². The van der Waals surface area contributed by atoms with Crippen molar-refractivity contribution in [1.29, 1.82) is 0 Å². The summed E-state index contributed by atoms with van der Waals surface area (Å²) in [5.74, 6) is -0.133. The summed E-state index contributed by atoms with van der Waals surface area (Å²) in [6.45, 7) is 1.25. The Morgan fingerprint density at radius 1 is 1.43 bits per heavy atom. The second-order valence-corrected chi connectivity index (χ2v) is 5.03. The maximum absolute atomic E-state index is 12.5. The van der Waals surface area contributed by atoms with Gasteiger partial charge in [-0.1, -0.05) is 6.07 Å². The standard InChI is InChI=1S/C14H19N3O3.ClH/c15-8-7-12-5-1-2-9-16(12)14(18)11-4-3-6-13(10-11)17(19)20;/h3-4,6,10,12H,1-2,5,7-9,15H2;1H. The third kappa shape index (κ3) is 4.15. The molecule has 116 valence electrons. The number of nitro groups is 1. The van der Waals surface area contributed by atoms with E-state index in [2.05, 4.69) is 0 Å². The van der Waals surface area contributed by atoms with E-state index < -0.39 is 4.92 Å². The predicted molar refractivity (Wildman–Crippen MR) is 82.7 cm³/mol. The molecule has 1 fully saturated rings. The van der Waals surface area contributed by atoms with Crippen molar-refractivity contribution >= 4 is 24.0 Å². The fourth-order valence-corrected chi connectivity index (χ4v) is 2.68. The molecule has 1 atom stereocenters. The Hall–Kier alpha value is -1.66. The topological polar surface area (TPSA) is 89.5 Å². The lowest BCUT2D eigenvalue weighted by Crippen LogP contribution is -2.44. The van der Waals surface area contributed by atoms with Crippen LogP contribution in [-0.2, 0) is 0 Å². The van der Waals surface area contributed by atoms with Gasteiger partial charge in [-0.05, 0) is 38.3 Å². The van der Waals surface area contributed by atoms with Crippen LogP contribution in [0.4, 0.5) is 5.69 Å². The molecular weight excluding hydrogens is 294 g/mol. The van der Waals surface area contributed by atoms with Crippen LogP contribution in [0.3, 0.4) is 0 Å². The number of benzene rings is 1. The van der Waals surface area contributed by atoms with Crippen molar-refractivity contribution in [3.63, 3.8) is 0 Å². The zero-order chi connectivity index (χ0) is 14.5. The number of carbonyl (C=O) groups excluding carboxylic acids is 1. The highest BCUT2D eigenvalue weighted by molar-refractivity contribution is 5.95. The van der Waals surface area contributed by atoms with Crippen LogP contribution >= 0.6 is 12.4 Å². The average Bonchev–Trinajstić information content (AvgIpc) is 2.47. The number of rotatable bonds is 4. The lowest BCUT2D eigenvalue weighted by atomic mass is 9.98. The second kappa shape index (κ2) is 7.95. The van der Waals surface area contributed by atoms with Crippen LogP contribution in [0.15, 0.2) is 24.3 Å². The van der Waals surface area contributed by atoms with Crippen molar-refractivity contribution in [2.45, 2.75) is 31.7 Å². The maximum Gasteiger partial charge on any atom is 0.270 e. The molecule has 0 aliphatic carbocycles. The van der Waals surface area contributed by atoms with Crippen LogP contribution in [0.25, 0.3) is 0 Å². The van der Waals surface area contributed by atoms with Crippen LogP contribution in [0.2, 0.25) is 0 Å². The van der Waals surface area contributed by atoms with Crippen LogP contribution in [-0.4, -0.2) is 34.9 Å². The minimum atomic E-state index is -0.482. The normalized spacial score (nSPS) is 18.0. The summed E-state index contributed by atoms with van der Waals surface area (Å²) in [4.78, 5) is 24.6. The molecule has 21 heavy (non-hydrogen) atoms. The van der Waals surface area contributed by atoms with Gasteiger partial charge in [0.25, 0.3) is 11.6 Å². The first-order valence-corrected chi connectivity index (χ1v) is 6.89. The van der Waals surface area contributed by atoms with E-state index in [1.165, 1.54) is 12.1 Å². The molecule has 2 rings (SSSR count). The summed E-state index contributed by atoms with van der Waals surface area (Å²) >= 11 is 0. The van der Waals surface area contributed by atoms with Crippen LogP contribution in [0.5, 0.6) is 0 Å². The minimum Gasteiger partial charge on any atom is -0.336 e. The van der Waals surface area contributed by atoms with Crippen LogP contribution in [0, 0.1) is 10.1 Å². The third-order valence-corrected chi connectivity index (χ3v) is 3.69. The molecule has 1 saturated heterocycles. The summed E-state index contributed by atoms with van der Waals surface area (Å²) in [6, 6.07) is 6.07. The number of halogens is 1. The van der Waals surface area contributed by atoms with Gasteiger partial charge >= 0.3 is 0 Å². The highest BCUT2D eigenvalue weighted by Gasteiger charge is 2.27. The highest BCUT2D eigenvalue weighted by atomic mass is 35.5. The third-order valence-electron chi connectivity index (χ3n) is 3.69. The SMILES string of the molecule is Cl.NCCC1CCCCN1C(=O)c1cccc([N+](=O)[O-])c1. The van der Waals surface area contributed by atoms with E-state index >= 15 is 0 Å². The second-order valence-electron chi connectivity index (χ2n) is 5.03. The number of nitrogens with zero attached hydrogens (tertiary/aromatic N) is 2. The molecule has 0 bridgehead atoms. The Labute approximate surface area is 129 Å². The molecule has 1 unspecified atom stereocenters. The van der Waals surface area contributed by atoms with Crippen LogP contribution < -0.4 is 5.73 Å². The van der Waals surface area contributed by atoms with Crippen molar-refractivity contribution < 1.29 is 9.72 Å². The van der Waals surface area contributed by atoms with E-state index in [9.17, 15) is 14.9 Å². The Morgan fingerprint density at radius 2 is 2.19 bits per heavy atom. The number of non-ortho nitro benzene ring substituents is 1. The quantitative estimate of drug-likeness (QED) is 0.682. The number of piperidine rings is 1. The molecule has 1 aromatic carbocycles. The molecule has 7 heteroatoms. The Morgan fingerprint density at radius 3 is 2.86 bits per heavy atom. The molecule has 0 radical (unpaired) electrons. The minimum absolute atomic E-state index is 0. The van der Waals surface area contributed by atoms with E-state index in [0.717, 1.165) is 25.7 Å². The molecule has 1 aromatic rings. The van der Waals surface area contributed by atoms with E-state index in [4.69, 9.17) is 5.73 Å². The van der Waals surface area contributed by atoms with Crippen molar-refractivity contribution in [3.8, 4) is 0 Å². The van der Waals surface area contributed by atoms with Crippen molar-refractivity contribution in [3.05, 3.63) is 39.9 Å². The van der Waals surface area contributed by atoms with Gasteiger partial charge in [0.15, 0.2) is 0 Å². The first kappa shape index (κ1) is 17.4. The van der Waals surface area contributed by atoms with Crippen molar-refractivity contribution in [1.82, 2.24) is 4.90 Å². The van der Waals surface area contributed by atoms with Gasteiger partial charge < -0.3 is 10.6 Å². The molecule has 0 aromatic heterocycles.